The predicted octanol–water partition coefficient (Wildman–Crippen LogP) is 3.70. The molecule has 0 bridgehead atoms. The fraction of sp³-hybridized carbons (Fsp3) is 0.222. The van der Waals surface area contributed by atoms with Crippen LogP contribution in [0, 0.1) is 11.6 Å². The number of ether oxygens (including phenoxy) is 1. The number of halogens is 2. The second-order valence-corrected chi connectivity index (χ2v) is 5.90. The van der Waals surface area contributed by atoms with Gasteiger partial charge in [0.25, 0.3) is 11.8 Å². The topological polar surface area (TPSA) is 46.6 Å². The van der Waals surface area contributed by atoms with Gasteiger partial charge in [0.15, 0.2) is 17.4 Å². The van der Waals surface area contributed by atoms with E-state index in [0.29, 0.717) is 0 Å². The highest BCUT2D eigenvalue weighted by atomic mass is 19.1. The van der Waals surface area contributed by atoms with Crippen molar-refractivity contribution in [3.63, 3.8) is 0 Å². The maximum absolute atomic E-state index is 14.3. The van der Waals surface area contributed by atoms with E-state index in [0.717, 1.165) is 36.3 Å². The van der Waals surface area contributed by atoms with Crippen molar-refractivity contribution in [1.82, 2.24) is 0 Å². The number of amides is 2. The highest BCUT2D eigenvalue weighted by Crippen LogP contribution is 2.35. The van der Waals surface area contributed by atoms with E-state index in [2.05, 4.69) is 0 Å². The number of hydrogen-bond acceptors (Lipinski definition) is 3. The molecule has 0 N–H and O–H groups in total. The molecule has 122 valence electrons. The number of carbonyl (C=O) groups is 2. The summed E-state index contributed by atoms with van der Waals surface area (Å²) in [6.45, 7) is 0. The van der Waals surface area contributed by atoms with E-state index >= 15 is 0 Å². The molecule has 0 aromatic heterocycles. The van der Waals surface area contributed by atoms with Crippen LogP contribution in [-0.2, 0) is 0 Å². The summed E-state index contributed by atoms with van der Waals surface area (Å²) >= 11 is 0. The second-order valence-electron chi connectivity index (χ2n) is 5.90. The molecule has 2 amide bonds. The Hall–Kier alpha value is -2.76. The molecule has 1 aliphatic carbocycles. The van der Waals surface area contributed by atoms with Gasteiger partial charge >= 0.3 is 0 Å². The molecule has 4 rings (SSSR count). The normalized spacial score (nSPS) is 17.0. The quantitative estimate of drug-likeness (QED) is 0.807. The molecule has 1 aliphatic heterocycles. The molecular formula is C18H13F2NO3. The standard InChI is InChI=1S/C18H13F2NO3/c19-14-8-10(9-15(20)16(14)24-11-4-3-5-11)21-17(22)12-6-1-2-7-13(12)18(21)23/h1-2,6-9,11H,3-5H2. The van der Waals surface area contributed by atoms with Gasteiger partial charge in [0.1, 0.15) is 0 Å². The number of hydrogen-bond donors (Lipinski definition) is 0. The molecule has 0 spiro atoms. The average molecular weight is 329 g/mol. The molecule has 4 nitrogen and oxygen atoms in total. The van der Waals surface area contributed by atoms with Crippen LogP contribution in [0.1, 0.15) is 40.0 Å². The lowest BCUT2D eigenvalue weighted by molar-refractivity contribution is 0.0925. The highest BCUT2D eigenvalue weighted by Gasteiger charge is 2.37. The molecule has 24 heavy (non-hydrogen) atoms. The predicted molar refractivity (Wildman–Crippen MR) is 82.2 cm³/mol. The summed E-state index contributed by atoms with van der Waals surface area (Å²) in [5, 5.41) is 0. The largest absolute Gasteiger partial charge is 0.484 e. The van der Waals surface area contributed by atoms with E-state index in [1.165, 1.54) is 12.1 Å². The zero-order valence-electron chi connectivity index (χ0n) is 12.6. The molecule has 1 saturated carbocycles. The van der Waals surface area contributed by atoms with Gasteiger partial charge in [0, 0.05) is 12.1 Å². The SMILES string of the molecule is O=C1c2ccccc2C(=O)N1c1cc(F)c(OC2CCC2)c(F)c1. The van der Waals surface area contributed by atoms with Gasteiger partial charge in [-0.1, -0.05) is 12.1 Å². The molecule has 0 unspecified atom stereocenters. The Bertz CT molecular complexity index is 803. The van der Waals surface area contributed by atoms with Gasteiger partial charge in [0.05, 0.1) is 22.9 Å². The van der Waals surface area contributed by atoms with Crippen molar-refractivity contribution < 1.29 is 23.1 Å². The molecule has 2 aliphatic rings. The molecular weight excluding hydrogens is 316 g/mol. The summed E-state index contributed by atoms with van der Waals surface area (Å²) in [6.07, 6.45) is 2.32. The maximum Gasteiger partial charge on any atom is 0.266 e. The number of imide groups is 1. The third-order valence-electron chi connectivity index (χ3n) is 4.37. The van der Waals surface area contributed by atoms with Crippen LogP contribution < -0.4 is 9.64 Å². The number of fused-ring (bicyclic) bond motifs is 1. The van der Waals surface area contributed by atoms with Crippen molar-refractivity contribution in [3.8, 4) is 5.75 Å². The highest BCUT2D eigenvalue weighted by molar-refractivity contribution is 6.34. The zero-order valence-corrected chi connectivity index (χ0v) is 12.6. The molecule has 6 heteroatoms. The Morgan fingerprint density at radius 3 is 1.96 bits per heavy atom. The first-order valence-electron chi connectivity index (χ1n) is 7.70. The number of anilines is 1. The average Bonchev–Trinajstić information content (AvgIpc) is 2.77. The number of nitrogens with zero attached hydrogens (tertiary/aromatic N) is 1. The molecule has 2 aromatic carbocycles. The van der Waals surface area contributed by atoms with E-state index in [1.807, 2.05) is 0 Å². The fourth-order valence-corrected chi connectivity index (χ4v) is 2.87. The lowest BCUT2D eigenvalue weighted by Crippen LogP contribution is -2.30. The molecule has 1 fully saturated rings. The van der Waals surface area contributed by atoms with Crippen molar-refractivity contribution in [3.05, 3.63) is 59.2 Å². The van der Waals surface area contributed by atoms with E-state index in [9.17, 15) is 18.4 Å². The summed E-state index contributed by atoms with van der Waals surface area (Å²) < 4.78 is 33.8. The van der Waals surface area contributed by atoms with Crippen molar-refractivity contribution >= 4 is 17.5 Å². The number of benzene rings is 2. The summed E-state index contributed by atoms with van der Waals surface area (Å²) in [4.78, 5) is 25.5. The summed E-state index contributed by atoms with van der Waals surface area (Å²) in [6, 6.07) is 8.19. The van der Waals surface area contributed by atoms with Gasteiger partial charge in [0.2, 0.25) is 0 Å². The zero-order chi connectivity index (χ0) is 16.8. The minimum atomic E-state index is -0.923. The van der Waals surface area contributed by atoms with Crippen LogP contribution >= 0.6 is 0 Å². The van der Waals surface area contributed by atoms with Crippen molar-refractivity contribution in [1.29, 1.82) is 0 Å². The number of rotatable bonds is 3. The Morgan fingerprint density at radius 2 is 1.50 bits per heavy atom. The third kappa shape index (κ3) is 2.18. The molecule has 2 aromatic rings. The lowest BCUT2D eigenvalue weighted by atomic mass is 9.96. The minimum Gasteiger partial charge on any atom is -0.484 e. The van der Waals surface area contributed by atoms with E-state index in [1.54, 1.807) is 12.1 Å². The first-order valence-corrected chi connectivity index (χ1v) is 7.70. The Balaban J connectivity index is 1.70. The van der Waals surface area contributed by atoms with E-state index in [-0.39, 0.29) is 22.9 Å². The molecule has 1 heterocycles. The van der Waals surface area contributed by atoms with E-state index < -0.39 is 29.2 Å². The minimum absolute atomic E-state index is 0.142. The van der Waals surface area contributed by atoms with Gasteiger partial charge in [-0.3, -0.25) is 9.59 Å². The summed E-state index contributed by atoms with van der Waals surface area (Å²) in [7, 11) is 0. The van der Waals surface area contributed by atoms with Crippen molar-refractivity contribution in [2.45, 2.75) is 25.4 Å². The van der Waals surface area contributed by atoms with Gasteiger partial charge in [-0.05, 0) is 31.4 Å². The summed E-state index contributed by atoms with van der Waals surface area (Å²) in [5.41, 5.74) is 0.299. The van der Waals surface area contributed by atoms with Crippen LogP contribution in [0.3, 0.4) is 0 Å². The van der Waals surface area contributed by atoms with Crippen LogP contribution in [0.5, 0.6) is 5.75 Å². The first kappa shape index (κ1) is 14.8. The van der Waals surface area contributed by atoms with Gasteiger partial charge in [-0.15, -0.1) is 0 Å². The molecule has 0 saturated heterocycles. The van der Waals surface area contributed by atoms with Crippen LogP contribution in [0.4, 0.5) is 14.5 Å². The van der Waals surface area contributed by atoms with Crippen molar-refractivity contribution in [2.75, 3.05) is 4.90 Å². The van der Waals surface area contributed by atoms with Gasteiger partial charge in [-0.25, -0.2) is 13.7 Å². The lowest BCUT2D eigenvalue weighted by Gasteiger charge is -2.27. The van der Waals surface area contributed by atoms with Crippen LogP contribution in [0.2, 0.25) is 0 Å². The van der Waals surface area contributed by atoms with E-state index in [4.69, 9.17) is 4.74 Å². The van der Waals surface area contributed by atoms with Gasteiger partial charge in [-0.2, -0.15) is 0 Å². The fourth-order valence-electron chi connectivity index (χ4n) is 2.87. The summed E-state index contributed by atoms with van der Waals surface area (Å²) in [5.74, 6) is -3.49. The van der Waals surface area contributed by atoms with Gasteiger partial charge < -0.3 is 4.74 Å². The Labute approximate surface area is 136 Å². The Morgan fingerprint density at radius 1 is 0.958 bits per heavy atom. The van der Waals surface area contributed by atoms with Crippen LogP contribution in [-0.4, -0.2) is 17.9 Å². The molecule has 0 atom stereocenters. The monoisotopic (exact) mass is 329 g/mol. The number of carbonyl (C=O) groups excluding carboxylic acids is 2. The van der Waals surface area contributed by atoms with Crippen LogP contribution in [0.15, 0.2) is 36.4 Å². The smallest absolute Gasteiger partial charge is 0.266 e. The van der Waals surface area contributed by atoms with Crippen molar-refractivity contribution in [2.24, 2.45) is 0 Å². The second kappa shape index (κ2) is 5.40. The van der Waals surface area contributed by atoms with Crippen LogP contribution in [0.25, 0.3) is 0 Å². The third-order valence-corrected chi connectivity index (χ3v) is 4.37. The molecule has 0 radical (unpaired) electrons. The Kier molecular flexibility index (Phi) is 3.33. The maximum atomic E-state index is 14.3. The first-order chi connectivity index (χ1) is 11.6.